The standard InChI is InChI=1S/C69H69N5/c1-42-27-30-60-54(33-42)55-34-43(2)28-31-61(55)74(60)62-32-29-44(39-56(62)53-23-17-20-26-59(53)73-57-24-18-15-21-51(57)52-22-16-19-25-58(52)73)63-70-64(45-35-47(66(3,4)5)40-48(36-45)67(6,7)8)72-65(71-63)46-37-49(68(9,10)11)41-50(38-46)69(12,13)14/h15-41H,1-14H3. The van der Waals surface area contributed by atoms with Gasteiger partial charge >= 0.3 is 0 Å². The molecule has 0 atom stereocenters. The lowest BCUT2D eigenvalue weighted by atomic mass is 9.79. The summed E-state index contributed by atoms with van der Waals surface area (Å²) in [5.74, 6) is 1.94. The Balaban J connectivity index is 1.24. The number of nitrogens with zero attached hydrogens (tertiary/aromatic N) is 5. The van der Waals surface area contributed by atoms with E-state index >= 15 is 0 Å². The van der Waals surface area contributed by atoms with Crippen molar-refractivity contribution >= 4 is 43.6 Å². The number of aromatic nitrogens is 5. The first-order valence-electron chi connectivity index (χ1n) is 26.3. The second kappa shape index (κ2) is 17.5. The number of hydrogen-bond acceptors (Lipinski definition) is 3. The summed E-state index contributed by atoms with van der Waals surface area (Å²) in [4.78, 5) is 16.6. The van der Waals surface area contributed by atoms with E-state index in [9.17, 15) is 0 Å². The number of rotatable bonds is 6. The Bertz CT molecular complexity index is 3750. The second-order valence-corrected chi connectivity index (χ2v) is 24.9. The fourth-order valence-electron chi connectivity index (χ4n) is 10.7. The Labute approximate surface area is 438 Å². The topological polar surface area (TPSA) is 48.5 Å². The van der Waals surface area contributed by atoms with Crippen LogP contribution in [0.15, 0.2) is 164 Å². The van der Waals surface area contributed by atoms with Crippen molar-refractivity contribution in [3.8, 4) is 56.7 Å². The largest absolute Gasteiger partial charge is 0.309 e. The van der Waals surface area contributed by atoms with Gasteiger partial charge in [0.2, 0.25) is 0 Å². The van der Waals surface area contributed by atoms with Gasteiger partial charge in [0.25, 0.3) is 0 Å². The third-order valence-electron chi connectivity index (χ3n) is 15.1. The zero-order chi connectivity index (χ0) is 52.2. The summed E-state index contributed by atoms with van der Waals surface area (Å²) in [6, 6.07) is 60.9. The summed E-state index contributed by atoms with van der Waals surface area (Å²) < 4.78 is 4.91. The molecule has 11 rings (SSSR count). The summed E-state index contributed by atoms with van der Waals surface area (Å²) in [5.41, 5.74) is 18.9. The molecule has 74 heavy (non-hydrogen) atoms. The first kappa shape index (κ1) is 48.6. The molecule has 0 aliphatic heterocycles. The van der Waals surface area contributed by atoms with E-state index in [2.05, 4.69) is 270 Å². The van der Waals surface area contributed by atoms with E-state index in [0.717, 1.165) is 61.3 Å². The Morgan fingerprint density at radius 2 is 0.662 bits per heavy atom. The van der Waals surface area contributed by atoms with Gasteiger partial charge in [-0.2, -0.15) is 0 Å². The van der Waals surface area contributed by atoms with E-state index in [1.54, 1.807) is 0 Å². The SMILES string of the molecule is Cc1ccc2c(c1)c1cc(C)ccc1n2-c1ccc(-c2nc(-c3cc(C(C)(C)C)cc(C(C)(C)C)c3)nc(-c3cc(C(C)(C)C)cc(C(C)(C)C)c3)n2)cc1-c1ccccc1-n1c2ccccc2c2ccccc21. The van der Waals surface area contributed by atoms with Crippen LogP contribution in [0, 0.1) is 13.8 Å². The zero-order valence-electron chi connectivity index (χ0n) is 45.8. The fraction of sp³-hybridized carbons (Fsp3) is 0.261. The fourth-order valence-corrected chi connectivity index (χ4v) is 10.7. The van der Waals surface area contributed by atoms with E-state index in [1.165, 1.54) is 54.9 Å². The smallest absolute Gasteiger partial charge is 0.164 e. The third-order valence-corrected chi connectivity index (χ3v) is 15.1. The van der Waals surface area contributed by atoms with Gasteiger partial charge < -0.3 is 9.13 Å². The van der Waals surface area contributed by atoms with Crippen molar-refractivity contribution in [2.24, 2.45) is 0 Å². The van der Waals surface area contributed by atoms with Crippen LogP contribution >= 0.6 is 0 Å². The van der Waals surface area contributed by atoms with Crippen LogP contribution in [0.4, 0.5) is 0 Å². The van der Waals surface area contributed by atoms with Crippen LogP contribution in [0.25, 0.3) is 100 Å². The normalized spacial score (nSPS) is 12.7. The van der Waals surface area contributed by atoms with Crippen LogP contribution in [0.2, 0.25) is 0 Å². The molecule has 8 aromatic carbocycles. The molecule has 0 amide bonds. The van der Waals surface area contributed by atoms with Crippen molar-refractivity contribution < 1.29 is 0 Å². The molecule has 3 aromatic heterocycles. The van der Waals surface area contributed by atoms with Crippen LogP contribution in [-0.4, -0.2) is 24.1 Å². The van der Waals surface area contributed by atoms with Crippen molar-refractivity contribution in [2.45, 2.75) is 119 Å². The van der Waals surface area contributed by atoms with Gasteiger partial charge in [0.15, 0.2) is 17.5 Å². The molecular weight excluding hydrogens is 899 g/mol. The maximum atomic E-state index is 5.55. The van der Waals surface area contributed by atoms with E-state index in [1.807, 2.05) is 0 Å². The molecule has 0 fully saturated rings. The quantitative estimate of drug-likeness (QED) is 0.167. The lowest BCUT2D eigenvalue weighted by molar-refractivity contribution is 0.568. The molecule has 0 spiro atoms. The van der Waals surface area contributed by atoms with Crippen LogP contribution < -0.4 is 0 Å². The molecule has 0 aliphatic rings. The van der Waals surface area contributed by atoms with Gasteiger partial charge in [0, 0.05) is 49.4 Å². The molecule has 0 unspecified atom stereocenters. The predicted octanol–water partition coefficient (Wildman–Crippen LogP) is 18.5. The summed E-state index contributed by atoms with van der Waals surface area (Å²) in [5, 5.41) is 4.92. The predicted molar refractivity (Wildman–Crippen MR) is 315 cm³/mol. The summed E-state index contributed by atoms with van der Waals surface area (Å²) in [6.45, 7) is 31.8. The number of benzene rings is 8. The van der Waals surface area contributed by atoms with E-state index in [4.69, 9.17) is 15.0 Å². The van der Waals surface area contributed by atoms with Crippen molar-refractivity contribution in [1.29, 1.82) is 0 Å². The zero-order valence-corrected chi connectivity index (χ0v) is 45.8. The monoisotopic (exact) mass is 968 g/mol. The summed E-state index contributed by atoms with van der Waals surface area (Å²) in [6.07, 6.45) is 0. The van der Waals surface area contributed by atoms with Crippen LogP contribution in [-0.2, 0) is 21.7 Å². The molecule has 11 aromatic rings. The van der Waals surface area contributed by atoms with Gasteiger partial charge in [0.1, 0.15) is 0 Å². The van der Waals surface area contributed by atoms with Crippen molar-refractivity contribution in [1.82, 2.24) is 24.1 Å². The highest BCUT2D eigenvalue weighted by molar-refractivity contribution is 6.12. The minimum atomic E-state index is -0.101. The van der Waals surface area contributed by atoms with Crippen LogP contribution in [0.1, 0.15) is 116 Å². The molecule has 5 nitrogen and oxygen atoms in total. The lowest BCUT2D eigenvalue weighted by Gasteiger charge is -2.26. The van der Waals surface area contributed by atoms with Crippen LogP contribution in [0.5, 0.6) is 0 Å². The average Bonchev–Trinajstić information content (AvgIpc) is 3.87. The molecule has 0 radical (unpaired) electrons. The summed E-state index contributed by atoms with van der Waals surface area (Å²) in [7, 11) is 0. The minimum absolute atomic E-state index is 0.101. The van der Waals surface area contributed by atoms with Crippen molar-refractivity contribution in [3.63, 3.8) is 0 Å². The molecule has 0 saturated heterocycles. The average molecular weight is 968 g/mol. The number of para-hydroxylation sites is 3. The Morgan fingerprint density at radius 1 is 0.297 bits per heavy atom. The van der Waals surface area contributed by atoms with Gasteiger partial charge in [-0.3, -0.25) is 0 Å². The van der Waals surface area contributed by atoms with Crippen LogP contribution in [0.3, 0.4) is 0 Å². The first-order valence-corrected chi connectivity index (χ1v) is 26.3. The number of aryl methyl sites for hydroxylation is 2. The van der Waals surface area contributed by atoms with Gasteiger partial charge in [-0.1, -0.05) is 173 Å². The maximum Gasteiger partial charge on any atom is 0.164 e. The molecule has 0 bridgehead atoms. The molecule has 5 heteroatoms. The van der Waals surface area contributed by atoms with Gasteiger partial charge in [-0.25, -0.2) is 15.0 Å². The molecule has 3 heterocycles. The van der Waals surface area contributed by atoms with Gasteiger partial charge in [-0.15, -0.1) is 0 Å². The lowest BCUT2D eigenvalue weighted by Crippen LogP contribution is -2.17. The highest BCUT2D eigenvalue weighted by Gasteiger charge is 2.27. The van der Waals surface area contributed by atoms with Crippen molar-refractivity contribution in [2.75, 3.05) is 0 Å². The molecule has 370 valence electrons. The molecule has 0 N–H and O–H groups in total. The van der Waals surface area contributed by atoms with E-state index < -0.39 is 0 Å². The number of hydrogen-bond donors (Lipinski definition) is 0. The Hall–Kier alpha value is -7.63. The first-order chi connectivity index (χ1) is 35.0. The van der Waals surface area contributed by atoms with E-state index in [0.29, 0.717) is 17.5 Å². The molecule has 0 saturated carbocycles. The maximum absolute atomic E-state index is 5.55. The highest BCUT2D eigenvalue weighted by atomic mass is 15.0. The summed E-state index contributed by atoms with van der Waals surface area (Å²) >= 11 is 0. The Morgan fingerprint density at radius 3 is 1.09 bits per heavy atom. The second-order valence-electron chi connectivity index (χ2n) is 24.9. The van der Waals surface area contributed by atoms with E-state index in [-0.39, 0.29) is 21.7 Å². The molecule has 0 aliphatic carbocycles. The number of fused-ring (bicyclic) bond motifs is 6. The Kier molecular flexibility index (Phi) is 11.5. The van der Waals surface area contributed by atoms with Gasteiger partial charge in [0.05, 0.1) is 33.4 Å². The third kappa shape index (κ3) is 8.70. The van der Waals surface area contributed by atoms with Crippen molar-refractivity contribution in [3.05, 3.63) is 197 Å². The molecular formula is C69H69N5. The minimum Gasteiger partial charge on any atom is -0.309 e. The van der Waals surface area contributed by atoms with Gasteiger partial charge in [-0.05, 0) is 143 Å². The highest BCUT2D eigenvalue weighted by Crippen LogP contribution is 2.44.